The summed E-state index contributed by atoms with van der Waals surface area (Å²) in [5.41, 5.74) is 4.63. The number of aliphatic carboxylic acids is 1. The first kappa shape index (κ1) is 18.3. The van der Waals surface area contributed by atoms with Gasteiger partial charge in [0.05, 0.1) is 0 Å². The molecule has 0 saturated heterocycles. The van der Waals surface area contributed by atoms with Crippen LogP contribution in [-0.2, 0) is 16.0 Å². The summed E-state index contributed by atoms with van der Waals surface area (Å²) in [5, 5.41) is 13.3. The van der Waals surface area contributed by atoms with Gasteiger partial charge >= 0.3 is 5.97 Å². The third-order valence-electron chi connectivity index (χ3n) is 4.70. The zero-order valence-electron chi connectivity index (χ0n) is 14.7. The van der Waals surface area contributed by atoms with E-state index >= 15 is 0 Å². The second-order valence-electron chi connectivity index (χ2n) is 6.42. The molecule has 0 saturated carbocycles. The van der Waals surface area contributed by atoms with Gasteiger partial charge in [0.25, 0.3) is 5.91 Å². The number of nitrogens with one attached hydrogen (secondary N) is 1. The topological polar surface area (TPSA) is 66.4 Å². The van der Waals surface area contributed by atoms with Crippen molar-refractivity contribution in [1.82, 2.24) is 0 Å². The average Bonchev–Trinajstić information content (AvgIpc) is 3.12. The summed E-state index contributed by atoms with van der Waals surface area (Å²) >= 11 is 0. The SMILES string of the molecule is CCc1cc(-c2cccc(P)c2)ccc1NC(=O)C1=C(C(=O)O)CCC1. The number of carbonyl (C=O) groups excluding carboxylic acids is 1. The number of rotatable bonds is 5. The van der Waals surface area contributed by atoms with Gasteiger partial charge in [-0.05, 0) is 65.9 Å². The van der Waals surface area contributed by atoms with Crippen LogP contribution in [0.3, 0.4) is 0 Å². The number of carboxylic acids is 1. The standard InChI is InChI=1S/C21H22NO3P/c1-2-13-11-15(14-5-3-6-16(26)12-14)9-10-19(13)22-20(23)17-7-4-8-18(17)21(24)25/h3,5-6,9-12H,2,4,7-8,26H2,1H3,(H,22,23)(H,24,25). The zero-order valence-corrected chi connectivity index (χ0v) is 15.9. The molecule has 1 aliphatic rings. The van der Waals surface area contributed by atoms with Crippen LogP contribution >= 0.6 is 9.24 Å². The molecule has 1 amide bonds. The van der Waals surface area contributed by atoms with Crippen LogP contribution in [0.5, 0.6) is 0 Å². The molecule has 1 atom stereocenters. The summed E-state index contributed by atoms with van der Waals surface area (Å²) < 4.78 is 0. The molecule has 3 rings (SSSR count). The van der Waals surface area contributed by atoms with Gasteiger partial charge in [-0.15, -0.1) is 9.24 Å². The lowest BCUT2D eigenvalue weighted by molar-refractivity contribution is -0.133. The Hall–Kier alpha value is -2.45. The number of amides is 1. The van der Waals surface area contributed by atoms with E-state index in [2.05, 4.69) is 32.8 Å². The van der Waals surface area contributed by atoms with Crippen molar-refractivity contribution in [2.24, 2.45) is 0 Å². The van der Waals surface area contributed by atoms with Gasteiger partial charge in [-0.2, -0.15) is 0 Å². The van der Waals surface area contributed by atoms with Crippen molar-refractivity contribution < 1.29 is 14.7 Å². The Morgan fingerprint density at radius 2 is 1.81 bits per heavy atom. The Labute approximate surface area is 155 Å². The van der Waals surface area contributed by atoms with Crippen LogP contribution in [0, 0.1) is 0 Å². The van der Waals surface area contributed by atoms with E-state index < -0.39 is 5.97 Å². The molecule has 2 N–H and O–H groups in total. The molecule has 1 aliphatic carbocycles. The zero-order chi connectivity index (χ0) is 18.7. The van der Waals surface area contributed by atoms with Gasteiger partial charge in [0.15, 0.2) is 0 Å². The fourth-order valence-electron chi connectivity index (χ4n) is 3.33. The lowest BCUT2D eigenvalue weighted by Crippen LogP contribution is -2.17. The van der Waals surface area contributed by atoms with Crippen LogP contribution in [0.25, 0.3) is 11.1 Å². The van der Waals surface area contributed by atoms with E-state index in [9.17, 15) is 14.7 Å². The minimum Gasteiger partial charge on any atom is -0.478 e. The highest BCUT2D eigenvalue weighted by atomic mass is 31.0. The predicted molar refractivity (Wildman–Crippen MR) is 108 cm³/mol. The molecule has 134 valence electrons. The van der Waals surface area contributed by atoms with E-state index in [1.54, 1.807) is 0 Å². The van der Waals surface area contributed by atoms with Gasteiger partial charge in [0.2, 0.25) is 0 Å². The van der Waals surface area contributed by atoms with E-state index in [1.807, 2.05) is 31.2 Å². The van der Waals surface area contributed by atoms with Crippen molar-refractivity contribution in [3.8, 4) is 11.1 Å². The summed E-state index contributed by atoms with van der Waals surface area (Å²) in [5.74, 6) is -1.29. The number of anilines is 1. The van der Waals surface area contributed by atoms with Crippen molar-refractivity contribution in [1.29, 1.82) is 0 Å². The van der Waals surface area contributed by atoms with Crippen LogP contribution in [0.4, 0.5) is 5.69 Å². The highest BCUT2D eigenvalue weighted by Gasteiger charge is 2.25. The summed E-state index contributed by atoms with van der Waals surface area (Å²) in [6, 6.07) is 14.2. The number of aryl methyl sites for hydroxylation is 1. The first-order chi connectivity index (χ1) is 12.5. The normalized spacial score (nSPS) is 13.8. The summed E-state index contributed by atoms with van der Waals surface area (Å²) in [4.78, 5) is 23.8. The Balaban J connectivity index is 1.88. The Bertz CT molecular complexity index is 902. The van der Waals surface area contributed by atoms with Crippen LogP contribution in [0.15, 0.2) is 53.6 Å². The molecular weight excluding hydrogens is 345 g/mol. The van der Waals surface area contributed by atoms with Crippen LogP contribution in [-0.4, -0.2) is 17.0 Å². The minimum absolute atomic E-state index is 0.245. The van der Waals surface area contributed by atoms with Crippen molar-refractivity contribution in [2.75, 3.05) is 5.32 Å². The lowest BCUT2D eigenvalue weighted by atomic mass is 10.00. The lowest BCUT2D eigenvalue weighted by Gasteiger charge is -2.13. The van der Waals surface area contributed by atoms with E-state index in [4.69, 9.17) is 0 Å². The predicted octanol–water partition coefficient (Wildman–Crippen LogP) is 3.92. The van der Waals surface area contributed by atoms with E-state index in [-0.39, 0.29) is 11.5 Å². The molecule has 0 fully saturated rings. The molecule has 0 aromatic heterocycles. The molecule has 4 nitrogen and oxygen atoms in total. The summed E-state index contributed by atoms with van der Waals surface area (Å²) in [6.07, 6.45) is 2.47. The quantitative estimate of drug-likeness (QED) is 0.787. The van der Waals surface area contributed by atoms with Gasteiger partial charge in [-0.1, -0.05) is 31.2 Å². The Kier molecular flexibility index (Phi) is 5.53. The van der Waals surface area contributed by atoms with E-state index in [0.717, 1.165) is 40.5 Å². The molecule has 0 bridgehead atoms. The molecule has 2 aromatic rings. The molecule has 26 heavy (non-hydrogen) atoms. The molecule has 0 spiro atoms. The molecular formula is C21H22NO3P. The molecule has 0 heterocycles. The van der Waals surface area contributed by atoms with Gasteiger partial charge in [-0.25, -0.2) is 4.79 Å². The fraction of sp³-hybridized carbons (Fsp3) is 0.238. The fourth-order valence-corrected chi connectivity index (χ4v) is 3.62. The number of hydrogen-bond donors (Lipinski definition) is 2. The van der Waals surface area contributed by atoms with Crippen LogP contribution in [0.1, 0.15) is 31.7 Å². The number of carbonyl (C=O) groups is 2. The monoisotopic (exact) mass is 367 g/mol. The highest BCUT2D eigenvalue weighted by molar-refractivity contribution is 7.27. The molecule has 5 heteroatoms. The molecule has 1 unspecified atom stereocenters. The van der Waals surface area contributed by atoms with Crippen molar-refractivity contribution in [2.45, 2.75) is 32.6 Å². The van der Waals surface area contributed by atoms with Crippen molar-refractivity contribution in [3.05, 3.63) is 59.2 Å². The minimum atomic E-state index is -0.990. The van der Waals surface area contributed by atoms with Gasteiger partial charge < -0.3 is 10.4 Å². The molecule has 2 aromatic carbocycles. The third-order valence-corrected chi connectivity index (χ3v) is 5.06. The number of hydrogen-bond acceptors (Lipinski definition) is 2. The maximum atomic E-state index is 12.6. The van der Waals surface area contributed by atoms with Gasteiger partial charge in [0, 0.05) is 16.8 Å². The summed E-state index contributed by atoms with van der Waals surface area (Å²) in [7, 11) is 2.70. The van der Waals surface area contributed by atoms with Crippen molar-refractivity contribution in [3.63, 3.8) is 0 Å². The maximum absolute atomic E-state index is 12.6. The van der Waals surface area contributed by atoms with Crippen molar-refractivity contribution >= 4 is 32.1 Å². The second-order valence-corrected chi connectivity index (χ2v) is 7.09. The van der Waals surface area contributed by atoms with Gasteiger partial charge in [0.1, 0.15) is 0 Å². The van der Waals surface area contributed by atoms with Gasteiger partial charge in [-0.3, -0.25) is 4.79 Å². The highest BCUT2D eigenvalue weighted by Crippen LogP contribution is 2.29. The van der Waals surface area contributed by atoms with E-state index in [1.165, 1.54) is 0 Å². The summed E-state index contributed by atoms with van der Waals surface area (Å²) in [6.45, 7) is 2.04. The maximum Gasteiger partial charge on any atom is 0.332 e. The first-order valence-electron chi connectivity index (χ1n) is 8.75. The van der Waals surface area contributed by atoms with E-state index in [0.29, 0.717) is 18.4 Å². The Morgan fingerprint density at radius 1 is 1.08 bits per heavy atom. The van der Waals surface area contributed by atoms with Crippen LogP contribution < -0.4 is 10.6 Å². The van der Waals surface area contributed by atoms with Crippen LogP contribution in [0.2, 0.25) is 0 Å². The molecule has 0 aliphatic heterocycles. The Morgan fingerprint density at radius 3 is 2.50 bits per heavy atom. The number of carboxylic acid groups (broad SMARTS) is 1. The smallest absolute Gasteiger partial charge is 0.332 e. The number of benzene rings is 2. The largest absolute Gasteiger partial charge is 0.478 e. The molecule has 0 radical (unpaired) electrons. The second kappa shape index (κ2) is 7.84. The average molecular weight is 367 g/mol. The first-order valence-corrected chi connectivity index (χ1v) is 9.33. The third kappa shape index (κ3) is 3.86.